The van der Waals surface area contributed by atoms with Crippen molar-refractivity contribution in [3.8, 4) is 11.6 Å². The molecule has 1 aliphatic carbocycles. The molecule has 0 bridgehead atoms. The maximum Gasteiger partial charge on any atom is 0.307 e. The van der Waals surface area contributed by atoms with Crippen molar-refractivity contribution in [3.05, 3.63) is 18.3 Å². The molecule has 3 unspecified atom stereocenters. The number of carboxylic acid groups (broad SMARTS) is 1. The predicted molar refractivity (Wildman–Crippen MR) is 68.8 cm³/mol. The third-order valence-electron chi connectivity index (χ3n) is 4.02. The van der Waals surface area contributed by atoms with E-state index in [-0.39, 0.29) is 5.92 Å². The maximum absolute atomic E-state index is 11.4. The van der Waals surface area contributed by atoms with Crippen LogP contribution < -0.4 is 0 Å². The van der Waals surface area contributed by atoms with E-state index in [2.05, 4.69) is 27.0 Å². The molecule has 0 aliphatic heterocycles. The van der Waals surface area contributed by atoms with Crippen molar-refractivity contribution < 1.29 is 14.4 Å². The number of rotatable bonds is 4. The van der Waals surface area contributed by atoms with Crippen molar-refractivity contribution in [1.29, 1.82) is 0 Å². The van der Waals surface area contributed by atoms with Crippen molar-refractivity contribution in [3.63, 3.8) is 0 Å². The largest absolute Gasteiger partial charge is 0.481 e. The molecule has 1 saturated carbocycles. The Morgan fingerprint density at radius 1 is 1.55 bits per heavy atom. The number of nitrogens with zero attached hydrogens (tertiary/aromatic N) is 3. The van der Waals surface area contributed by atoms with Crippen LogP contribution in [0, 0.1) is 11.8 Å². The number of carboxylic acids is 1. The van der Waals surface area contributed by atoms with Crippen LogP contribution in [0.15, 0.2) is 16.9 Å². The van der Waals surface area contributed by atoms with Crippen LogP contribution in [0.25, 0.3) is 11.6 Å². The molecule has 106 valence electrons. The molecule has 0 saturated heterocycles. The Kier molecular flexibility index (Phi) is 3.25. The number of hydrogen-bond donors (Lipinski definition) is 2. The van der Waals surface area contributed by atoms with E-state index >= 15 is 0 Å². The predicted octanol–water partition coefficient (Wildman–Crippen LogP) is 2.06. The highest BCUT2D eigenvalue weighted by molar-refractivity contribution is 5.71. The molecule has 7 heteroatoms. The van der Waals surface area contributed by atoms with Gasteiger partial charge < -0.3 is 14.6 Å². The smallest absolute Gasteiger partial charge is 0.307 e. The molecular weight excluding hydrogens is 260 g/mol. The second kappa shape index (κ2) is 5.07. The summed E-state index contributed by atoms with van der Waals surface area (Å²) in [4.78, 5) is 22.6. The summed E-state index contributed by atoms with van der Waals surface area (Å²) in [7, 11) is 0. The lowest BCUT2D eigenvalue weighted by molar-refractivity contribution is -0.142. The molecule has 2 N–H and O–H groups in total. The van der Waals surface area contributed by atoms with Crippen molar-refractivity contribution >= 4 is 5.97 Å². The standard InChI is InChI=1S/C13H16N4O3/c1-2-7-5-8(9(6-7)13(18)19)12-16-11(17-20-12)10-14-3-4-15-10/h3-4,7-9H,2,5-6H2,1H3,(H,14,15)(H,18,19). The van der Waals surface area contributed by atoms with E-state index in [9.17, 15) is 9.90 Å². The summed E-state index contributed by atoms with van der Waals surface area (Å²) in [6.45, 7) is 2.08. The lowest BCUT2D eigenvalue weighted by Gasteiger charge is -2.09. The fourth-order valence-electron chi connectivity index (χ4n) is 2.89. The number of aliphatic carboxylic acids is 1. The zero-order chi connectivity index (χ0) is 14.1. The second-order valence-corrected chi connectivity index (χ2v) is 5.19. The van der Waals surface area contributed by atoms with Crippen LogP contribution in [0.4, 0.5) is 0 Å². The molecule has 3 rings (SSSR count). The average Bonchev–Trinajstić information content (AvgIpc) is 3.17. The van der Waals surface area contributed by atoms with E-state index in [1.54, 1.807) is 12.4 Å². The Labute approximate surface area is 115 Å². The van der Waals surface area contributed by atoms with Crippen molar-refractivity contribution in [1.82, 2.24) is 20.1 Å². The van der Waals surface area contributed by atoms with Gasteiger partial charge in [0, 0.05) is 12.4 Å². The van der Waals surface area contributed by atoms with Crippen LogP contribution in [0.3, 0.4) is 0 Å². The summed E-state index contributed by atoms with van der Waals surface area (Å²) in [5.74, 6) is 0.271. The Bertz CT molecular complexity index is 593. The molecule has 0 spiro atoms. The lowest BCUT2D eigenvalue weighted by Crippen LogP contribution is -2.17. The van der Waals surface area contributed by atoms with Gasteiger partial charge in [-0.15, -0.1) is 0 Å². The first-order chi connectivity index (χ1) is 9.69. The first-order valence-electron chi connectivity index (χ1n) is 6.75. The Morgan fingerprint density at radius 3 is 3.05 bits per heavy atom. The second-order valence-electron chi connectivity index (χ2n) is 5.19. The van der Waals surface area contributed by atoms with Gasteiger partial charge in [-0.3, -0.25) is 4.79 Å². The number of aromatic nitrogens is 4. The van der Waals surface area contributed by atoms with Gasteiger partial charge >= 0.3 is 5.97 Å². The molecule has 1 aliphatic rings. The van der Waals surface area contributed by atoms with Gasteiger partial charge in [0.25, 0.3) is 0 Å². The van der Waals surface area contributed by atoms with Gasteiger partial charge in [-0.25, -0.2) is 4.98 Å². The molecule has 0 radical (unpaired) electrons. The monoisotopic (exact) mass is 276 g/mol. The lowest BCUT2D eigenvalue weighted by atomic mass is 9.96. The summed E-state index contributed by atoms with van der Waals surface area (Å²) in [6, 6.07) is 0. The van der Waals surface area contributed by atoms with Gasteiger partial charge in [0.05, 0.1) is 11.8 Å². The van der Waals surface area contributed by atoms with Crippen LogP contribution in [0.2, 0.25) is 0 Å². The van der Waals surface area contributed by atoms with Gasteiger partial charge in [0.15, 0.2) is 5.82 Å². The third-order valence-corrected chi connectivity index (χ3v) is 4.02. The van der Waals surface area contributed by atoms with E-state index in [0.29, 0.717) is 29.9 Å². The Hall–Kier alpha value is -2.18. The number of H-pyrrole nitrogens is 1. The Morgan fingerprint density at radius 2 is 2.40 bits per heavy atom. The van der Waals surface area contributed by atoms with E-state index in [1.165, 1.54) is 0 Å². The van der Waals surface area contributed by atoms with Crippen molar-refractivity contribution in [2.24, 2.45) is 11.8 Å². The highest BCUT2D eigenvalue weighted by atomic mass is 16.5. The maximum atomic E-state index is 11.4. The van der Waals surface area contributed by atoms with Crippen LogP contribution >= 0.6 is 0 Å². The van der Waals surface area contributed by atoms with Gasteiger partial charge in [-0.1, -0.05) is 18.5 Å². The fraction of sp³-hybridized carbons (Fsp3) is 0.538. The third kappa shape index (κ3) is 2.19. The van der Waals surface area contributed by atoms with Crippen molar-refractivity contribution in [2.75, 3.05) is 0 Å². The first-order valence-corrected chi connectivity index (χ1v) is 6.75. The molecule has 0 aromatic carbocycles. The van der Waals surface area contributed by atoms with Crippen LogP contribution in [-0.2, 0) is 4.79 Å². The summed E-state index contributed by atoms with van der Waals surface area (Å²) >= 11 is 0. The quantitative estimate of drug-likeness (QED) is 0.885. The number of hydrogen-bond acceptors (Lipinski definition) is 5. The summed E-state index contributed by atoms with van der Waals surface area (Å²) in [5, 5.41) is 13.2. The normalized spacial score (nSPS) is 25.9. The molecule has 2 aromatic rings. The highest BCUT2D eigenvalue weighted by Gasteiger charge is 2.42. The SMILES string of the molecule is CCC1CC(C(=O)O)C(c2nc(-c3ncc[nH]3)no2)C1. The minimum Gasteiger partial charge on any atom is -0.481 e. The number of aromatic amines is 1. The van der Waals surface area contributed by atoms with Crippen LogP contribution in [0.5, 0.6) is 0 Å². The number of imidazole rings is 1. The Balaban J connectivity index is 1.86. The first kappa shape index (κ1) is 12.8. The molecule has 2 heterocycles. The highest BCUT2D eigenvalue weighted by Crippen LogP contribution is 2.44. The average molecular weight is 276 g/mol. The minimum atomic E-state index is -0.788. The zero-order valence-corrected chi connectivity index (χ0v) is 11.1. The van der Waals surface area contributed by atoms with E-state index in [0.717, 1.165) is 12.8 Å². The number of nitrogens with one attached hydrogen (secondary N) is 1. The fourth-order valence-corrected chi connectivity index (χ4v) is 2.89. The molecule has 20 heavy (non-hydrogen) atoms. The van der Waals surface area contributed by atoms with E-state index in [4.69, 9.17) is 4.52 Å². The van der Waals surface area contributed by atoms with Crippen LogP contribution in [0.1, 0.15) is 38.0 Å². The van der Waals surface area contributed by atoms with Gasteiger partial charge in [-0.05, 0) is 18.8 Å². The van der Waals surface area contributed by atoms with Gasteiger partial charge in [0.2, 0.25) is 11.7 Å². The minimum absolute atomic E-state index is 0.200. The van der Waals surface area contributed by atoms with Gasteiger partial charge in [0.1, 0.15) is 0 Å². The van der Waals surface area contributed by atoms with E-state index < -0.39 is 11.9 Å². The van der Waals surface area contributed by atoms with Crippen LogP contribution in [-0.4, -0.2) is 31.2 Å². The molecule has 7 nitrogen and oxygen atoms in total. The summed E-state index contributed by atoms with van der Waals surface area (Å²) in [6.07, 6.45) is 5.71. The van der Waals surface area contributed by atoms with E-state index in [1.807, 2.05) is 0 Å². The zero-order valence-electron chi connectivity index (χ0n) is 11.1. The molecule has 1 fully saturated rings. The molecule has 2 aromatic heterocycles. The topological polar surface area (TPSA) is 105 Å². The molecular formula is C13H16N4O3. The van der Waals surface area contributed by atoms with Gasteiger partial charge in [-0.2, -0.15) is 4.98 Å². The molecule has 0 amide bonds. The molecule has 3 atom stereocenters. The van der Waals surface area contributed by atoms with Crippen molar-refractivity contribution in [2.45, 2.75) is 32.1 Å². The summed E-state index contributed by atoms with van der Waals surface area (Å²) in [5.41, 5.74) is 0. The summed E-state index contributed by atoms with van der Waals surface area (Å²) < 4.78 is 5.26. The number of carbonyl (C=O) groups is 1.